The van der Waals surface area contributed by atoms with Gasteiger partial charge in [-0.15, -0.1) is 0 Å². The number of aliphatic hydroxyl groups is 1. The van der Waals surface area contributed by atoms with Crippen molar-refractivity contribution in [2.75, 3.05) is 52.1 Å². The van der Waals surface area contributed by atoms with Gasteiger partial charge in [-0.1, -0.05) is 0 Å². The summed E-state index contributed by atoms with van der Waals surface area (Å²) in [6, 6.07) is 0. The molecule has 0 atom stereocenters. The van der Waals surface area contributed by atoms with Gasteiger partial charge < -0.3 is 10.4 Å². The van der Waals surface area contributed by atoms with Gasteiger partial charge in [0.1, 0.15) is 0 Å². The summed E-state index contributed by atoms with van der Waals surface area (Å²) in [4.78, 5) is 2.19. The second-order valence-corrected chi connectivity index (χ2v) is 7.87. The molecule has 0 bridgehead atoms. The van der Waals surface area contributed by atoms with E-state index in [1.807, 2.05) is 0 Å². The van der Waals surface area contributed by atoms with Crippen molar-refractivity contribution in [3.63, 3.8) is 0 Å². The van der Waals surface area contributed by atoms with Gasteiger partial charge in [0.2, 0.25) is 10.0 Å². The van der Waals surface area contributed by atoms with Gasteiger partial charge in [0.05, 0.1) is 11.9 Å². The molecule has 0 aromatic heterocycles. The van der Waals surface area contributed by atoms with E-state index in [-0.39, 0.29) is 11.9 Å². The molecule has 112 valence electrons. The molecule has 2 aliphatic rings. The molecule has 2 fully saturated rings. The predicted molar refractivity (Wildman–Crippen MR) is 74.5 cm³/mol. The fraction of sp³-hybridized carbons (Fsp3) is 1.00. The quantitative estimate of drug-likeness (QED) is 0.651. The van der Waals surface area contributed by atoms with Crippen LogP contribution in [0.5, 0.6) is 0 Å². The average Bonchev–Trinajstić information content (AvgIpc) is 2.36. The first kappa shape index (κ1) is 15.2. The van der Waals surface area contributed by atoms with Crippen molar-refractivity contribution >= 4 is 10.0 Å². The second-order valence-electron chi connectivity index (χ2n) is 5.68. The molecule has 1 heterocycles. The minimum absolute atomic E-state index is 0.193. The van der Waals surface area contributed by atoms with Crippen molar-refractivity contribution in [2.45, 2.75) is 18.9 Å². The molecule has 0 unspecified atom stereocenters. The van der Waals surface area contributed by atoms with Crippen molar-refractivity contribution in [1.82, 2.24) is 14.5 Å². The van der Waals surface area contributed by atoms with E-state index in [1.165, 1.54) is 4.31 Å². The molecule has 0 amide bonds. The van der Waals surface area contributed by atoms with E-state index in [4.69, 9.17) is 0 Å². The second kappa shape index (κ2) is 6.49. The Labute approximate surface area is 115 Å². The maximum absolute atomic E-state index is 12.2. The van der Waals surface area contributed by atoms with Crippen molar-refractivity contribution in [3.8, 4) is 0 Å². The minimum atomic E-state index is -3.16. The summed E-state index contributed by atoms with van der Waals surface area (Å²) in [5, 5.41) is 12.5. The van der Waals surface area contributed by atoms with Crippen LogP contribution < -0.4 is 5.32 Å². The lowest BCUT2D eigenvalue weighted by Crippen LogP contribution is -2.46. The van der Waals surface area contributed by atoms with E-state index < -0.39 is 10.0 Å². The number of rotatable bonds is 6. The van der Waals surface area contributed by atoms with Crippen molar-refractivity contribution in [3.05, 3.63) is 0 Å². The first-order chi connectivity index (χ1) is 8.97. The highest BCUT2D eigenvalue weighted by molar-refractivity contribution is 7.89. The summed E-state index contributed by atoms with van der Waals surface area (Å²) in [5.41, 5.74) is 0. The Balaban J connectivity index is 1.73. The van der Waals surface area contributed by atoms with E-state index in [0.29, 0.717) is 19.0 Å². The molecule has 19 heavy (non-hydrogen) atoms. The number of nitrogens with zero attached hydrogens (tertiary/aromatic N) is 2. The fourth-order valence-corrected chi connectivity index (χ4v) is 3.90. The predicted octanol–water partition coefficient (Wildman–Crippen LogP) is -1.08. The maximum atomic E-state index is 12.2. The molecule has 1 aliphatic heterocycles. The molecule has 2 N–H and O–H groups in total. The summed E-state index contributed by atoms with van der Waals surface area (Å²) < 4.78 is 25.8. The average molecular weight is 291 g/mol. The van der Waals surface area contributed by atoms with Crippen LogP contribution in [0.2, 0.25) is 0 Å². The SMILES string of the molecule is CN(CC1CC(O)C1)S(=O)(=O)CCN1CCNCC1. The van der Waals surface area contributed by atoms with Gasteiger partial charge in [0.25, 0.3) is 0 Å². The summed E-state index contributed by atoms with van der Waals surface area (Å²) in [6.07, 6.45) is 1.25. The molecule has 0 aromatic carbocycles. The zero-order chi connectivity index (χ0) is 13.9. The highest BCUT2D eigenvalue weighted by Crippen LogP contribution is 2.28. The van der Waals surface area contributed by atoms with Crippen molar-refractivity contribution < 1.29 is 13.5 Å². The first-order valence-electron chi connectivity index (χ1n) is 7.02. The van der Waals surface area contributed by atoms with Crippen LogP contribution in [-0.4, -0.2) is 80.9 Å². The van der Waals surface area contributed by atoms with Gasteiger partial charge in [-0.05, 0) is 18.8 Å². The lowest BCUT2D eigenvalue weighted by molar-refractivity contribution is 0.0367. The van der Waals surface area contributed by atoms with E-state index in [2.05, 4.69) is 10.2 Å². The molecule has 0 spiro atoms. The monoisotopic (exact) mass is 291 g/mol. The standard InChI is InChI=1S/C12H25N3O3S/c1-14(10-11-8-12(16)9-11)19(17,18)7-6-15-4-2-13-3-5-15/h11-13,16H,2-10H2,1H3. The molecule has 0 radical (unpaired) electrons. The molecule has 6 nitrogen and oxygen atoms in total. The van der Waals surface area contributed by atoms with Gasteiger partial charge in [0.15, 0.2) is 0 Å². The van der Waals surface area contributed by atoms with Crippen LogP contribution in [0, 0.1) is 5.92 Å². The van der Waals surface area contributed by atoms with Crippen molar-refractivity contribution in [2.24, 2.45) is 5.92 Å². The summed E-state index contributed by atoms with van der Waals surface area (Å²) in [5.74, 6) is 0.521. The fourth-order valence-electron chi connectivity index (χ4n) is 2.66. The molecular weight excluding hydrogens is 266 g/mol. The molecule has 2 rings (SSSR count). The molecule has 0 aromatic rings. The van der Waals surface area contributed by atoms with Gasteiger partial charge in [-0.25, -0.2) is 12.7 Å². The van der Waals surface area contributed by atoms with E-state index in [9.17, 15) is 13.5 Å². The minimum Gasteiger partial charge on any atom is -0.393 e. The lowest BCUT2D eigenvalue weighted by Gasteiger charge is -2.34. The van der Waals surface area contributed by atoms with E-state index >= 15 is 0 Å². The van der Waals surface area contributed by atoms with E-state index in [0.717, 1.165) is 39.0 Å². The van der Waals surface area contributed by atoms with Crippen LogP contribution in [0.4, 0.5) is 0 Å². The van der Waals surface area contributed by atoms with Crippen LogP contribution in [0.25, 0.3) is 0 Å². The number of nitrogens with one attached hydrogen (secondary N) is 1. The van der Waals surface area contributed by atoms with Gasteiger partial charge in [-0.2, -0.15) is 0 Å². The smallest absolute Gasteiger partial charge is 0.215 e. The topological polar surface area (TPSA) is 72.9 Å². The van der Waals surface area contributed by atoms with Gasteiger partial charge in [0, 0.05) is 46.3 Å². The van der Waals surface area contributed by atoms with Crippen LogP contribution in [-0.2, 0) is 10.0 Å². The Morgan fingerprint density at radius 2 is 1.95 bits per heavy atom. The number of hydrogen-bond donors (Lipinski definition) is 2. The van der Waals surface area contributed by atoms with Crippen molar-refractivity contribution in [1.29, 1.82) is 0 Å². The van der Waals surface area contributed by atoms with Gasteiger partial charge in [-0.3, -0.25) is 4.90 Å². The third kappa shape index (κ3) is 4.39. The zero-order valence-electron chi connectivity index (χ0n) is 11.6. The number of aliphatic hydroxyl groups excluding tert-OH is 1. The summed E-state index contributed by atoms with van der Waals surface area (Å²) in [7, 11) is -1.51. The Morgan fingerprint density at radius 3 is 2.53 bits per heavy atom. The Morgan fingerprint density at radius 1 is 1.32 bits per heavy atom. The first-order valence-corrected chi connectivity index (χ1v) is 8.63. The molecule has 1 saturated carbocycles. The number of hydrogen-bond acceptors (Lipinski definition) is 5. The molecular formula is C12H25N3O3S. The molecule has 1 aliphatic carbocycles. The summed E-state index contributed by atoms with van der Waals surface area (Å²) in [6.45, 7) is 4.89. The maximum Gasteiger partial charge on any atom is 0.215 e. The number of sulfonamides is 1. The molecule has 1 saturated heterocycles. The third-order valence-electron chi connectivity index (χ3n) is 4.08. The van der Waals surface area contributed by atoms with Crippen LogP contribution >= 0.6 is 0 Å². The molecule has 7 heteroatoms. The van der Waals surface area contributed by atoms with Gasteiger partial charge >= 0.3 is 0 Å². The normalized spacial score (nSPS) is 29.4. The Kier molecular flexibility index (Phi) is 5.19. The zero-order valence-corrected chi connectivity index (χ0v) is 12.4. The Bertz CT molecular complexity index is 376. The van der Waals surface area contributed by atoms with Crippen LogP contribution in [0.15, 0.2) is 0 Å². The Hall–Kier alpha value is -0.210. The third-order valence-corrected chi connectivity index (χ3v) is 5.87. The highest BCUT2D eigenvalue weighted by Gasteiger charge is 2.31. The van der Waals surface area contributed by atoms with Crippen LogP contribution in [0.1, 0.15) is 12.8 Å². The largest absolute Gasteiger partial charge is 0.393 e. The summed E-state index contributed by atoms with van der Waals surface area (Å²) >= 11 is 0. The van der Waals surface area contributed by atoms with Crippen LogP contribution in [0.3, 0.4) is 0 Å². The van der Waals surface area contributed by atoms with E-state index in [1.54, 1.807) is 7.05 Å². The number of piperazine rings is 1. The highest BCUT2D eigenvalue weighted by atomic mass is 32.2. The lowest BCUT2D eigenvalue weighted by atomic mass is 9.82.